The summed E-state index contributed by atoms with van der Waals surface area (Å²) in [5.41, 5.74) is 7.86. The molecule has 0 aliphatic rings. The van der Waals surface area contributed by atoms with Crippen molar-refractivity contribution in [2.45, 2.75) is 13.0 Å². The zero-order valence-corrected chi connectivity index (χ0v) is 12.6. The van der Waals surface area contributed by atoms with Crippen molar-refractivity contribution in [2.24, 2.45) is 5.73 Å². The normalized spacial score (nSPS) is 11.7. The third kappa shape index (κ3) is 3.74. The second-order valence-corrected chi connectivity index (χ2v) is 5.31. The summed E-state index contributed by atoms with van der Waals surface area (Å²) in [6.07, 6.45) is 0. The molecule has 0 aliphatic heterocycles. The van der Waals surface area contributed by atoms with E-state index in [-0.39, 0.29) is 6.04 Å². The Bertz CT molecular complexity index is 616. The Morgan fingerprint density at radius 3 is 2.55 bits per heavy atom. The average Bonchev–Trinajstić information content (AvgIpc) is 2.38. The molecule has 0 saturated heterocycles. The second kappa shape index (κ2) is 6.43. The molecule has 20 heavy (non-hydrogen) atoms. The number of hydrogen-bond acceptors (Lipinski definition) is 2. The lowest BCUT2D eigenvalue weighted by Crippen LogP contribution is -2.19. The van der Waals surface area contributed by atoms with E-state index in [1.807, 2.05) is 36.4 Å². The molecule has 104 valence electrons. The quantitative estimate of drug-likeness (QED) is 0.788. The monoisotopic (exact) mass is 333 g/mol. The van der Waals surface area contributed by atoms with Gasteiger partial charge in [0.25, 0.3) is 0 Å². The van der Waals surface area contributed by atoms with Gasteiger partial charge in [-0.3, -0.25) is 0 Å². The first-order valence-corrected chi connectivity index (χ1v) is 7.03. The number of anilines is 2. The van der Waals surface area contributed by atoms with Crippen LogP contribution >= 0.6 is 15.9 Å². The van der Waals surface area contributed by atoms with Gasteiger partial charge >= 0.3 is 6.03 Å². The lowest BCUT2D eigenvalue weighted by molar-refractivity contribution is 0.259. The van der Waals surface area contributed by atoms with Crippen LogP contribution in [0.4, 0.5) is 16.2 Å². The zero-order chi connectivity index (χ0) is 14.5. The van der Waals surface area contributed by atoms with Gasteiger partial charge in [0, 0.05) is 21.9 Å². The molecular weight excluding hydrogens is 318 g/mol. The summed E-state index contributed by atoms with van der Waals surface area (Å²) in [6.45, 7) is 2.08. The molecular formula is C15H16BrN3O. The Hall–Kier alpha value is -2.01. The number of primary amides is 1. The third-order valence-corrected chi connectivity index (χ3v) is 3.61. The first kappa shape index (κ1) is 14.4. The van der Waals surface area contributed by atoms with Crippen LogP contribution in [0.5, 0.6) is 0 Å². The Labute approximate surface area is 126 Å². The van der Waals surface area contributed by atoms with Crippen molar-refractivity contribution in [2.75, 3.05) is 10.6 Å². The van der Waals surface area contributed by atoms with Crippen molar-refractivity contribution in [1.82, 2.24) is 0 Å². The molecule has 0 bridgehead atoms. The minimum absolute atomic E-state index is 0.134. The van der Waals surface area contributed by atoms with Gasteiger partial charge in [-0.2, -0.15) is 0 Å². The molecule has 0 aliphatic carbocycles. The predicted molar refractivity (Wildman–Crippen MR) is 85.8 cm³/mol. The number of hydrogen-bond donors (Lipinski definition) is 3. The van der Waals surface area contributed by atoms with Crippen LogP contribution in [-0.4, -0.2) is 6.03 Å². The molecule has 0 spiro atoms. The van der Waals surface area contributed by atoms with Crippen molar-refractivity contribution < 1.29 is 4.79 Å². The fraction of sp³-hybridized carbons (Fsp3) is 0.133. The Kier molecular flexibility index (Phi) is 4.63. The third-order valence-electron chi connectivity index (χ3n) is 2.89. The van der Waals surface area contributed by atoms with E-state index in [1.54, 1.807) is 6.07 Å². The molecule has 4 N–H and O–H groups in total. The van der Waals surface area contributed by atoms with E-state index in [1.165, 1.54) is 5.56 Å². The summed E-state index contributed by atoms with van der Waals surface area (Å²) in [4.78, 5) is 10.9. The number of rotatable bonds is 4. The average molecular weight is 334 g/mol. The number of carbonyl (C=O) groups is 1. The molecule has 2 amide bonds. The number of urea groups is 1. The highest BCUT2D eigenvalue weighted by molar-refractivity contribution is 9.10. The highest BCUT2D eigenvalue weighted by atomic mass is 79.9. The van der Waals surface area contributed by atoms with Gasteiger partial charge in [-0.1, -0.05) is 40.2 Å². The van der Waals surface area contributed by atoms with Gasteiger partial charge in [0.2, 0.25) is 0 Å². The van der Waals surface area contributed by atoms with Crippen molar-refractivity contribution in [3.05, 3.63) is 58.6 Å². The molecule has 1 unspecified atom stereocenters. The largest absolute Gasteiger partial charge is 0.378 e. The number of carbonyl (C=O) groups excluding carboxylic acids is 1. The minimum Gasteiger partial charge on any atom is -0.378 e. The van der Waals surface area contributed by atoms with Crippen LogP contribution in [0, 0.1) is 0 Å². The number of nitrogens with two attached hydrogens (primary N) is 1. The first-order chi connectivity index (χ1) is 9.56. The molecule has 0 radical (unpaired) electrons. The van der Waals surface area contributed by atoms with Crippen molar-refractivity contribution >= 4 is 33.3 Å². The van der Waals surface area contributed by atoms with Gasteiger partial charge in [-0.25, -0.2) is 4.79 Å². The van der Waals surface area contributed by atoms with E-state index in [4.69, 9.17) is 5.73 Å². The van der Waals surface area contributed by atoms with Crippen LogP contribution in [0.15, 0.2) is 53.0 Å². The van der Waals surface area contributed by atoms with Gasteiger partial charge in [-0.05, 0) is 36.8 Å². The topological polar surface area (TPSA) is 67.2 Å². The molecule has 0 aromatic heterocycles. The maximum atomic E-state index is 10.9. The van der Waals surface area contributed by atoms with E-state index in [0.29, 0.717) is 5.69 Å². The van der Waals surface area contributed by atoms with Crippen LogP contribution in [0.3, 0.4) is 0 Å². The molecule has 2 rings (SSSR count). The van der Waals surface area contributed by atoms with E-state index in [2.05, 4.69) is 39.6 Å². The van der Waals surface area contributed by atoms with Crippen LogP contribution in [0.1, 0.15) is 18.5 Å². The molecule has 5 heteroatoms. The molecule has 1 atom stereocenters. The first-order valence-electron chi connectivity index (χ1n) is 6.24. The minimum atomic E-state index is -0.569. The predicted octanol–water partition coefficient (Wildman–Crippen LogP) is 4.11. The molecule has 4 nitrogen and oxygen atoms in total. The van der Waals surface area contributed by atoms with Gasteiger partial charge in [0.1, 0.15) is 0 Å². The van der Waals surface area contributed by atoms with Crippen molar-refractivity contribution in [3.8, 4) is 0 Å². The van der Waals surface area contributed by atoms with Gasteiger partial charge in [-0.15, -0.1) is 0 Å². The van der Waals surface area contributed by atoms with Gasteiger partial charge < -0.3 is 16.4 Å². The summed E-state index contributed by atoms with van der Waals surface area (Å²) in [5.74, 6) is 0. The molecule has 2 aromatic rings. The smallest absolute Gasteiger partial charge is 0.316 e. The van der Waals surface area contributed by atoms with Crippen molar-refractivity contribution in [3.63, 3.8) is 0 Å². The van der Waals surface area contributed by atoms with Crippen molar-refractivity contribution in [1.29, 1.82) is 0 Å². The fourth-order valence-corrected chi connectivity index (χ4v) is 2.61. The SMILES string of the molecule is CC(Nc1cccc(NC(N)=O)c1)c1ccccc1Br. The van der Waals surface area contributed by atoms with Gasteiger partial charge in [0.15, 0.2) is 0 Å². The summed E-state index contributed by atoms with van der Waals surface area (Å²) < 4.78 is 1.06. The highest BCUT2D eigenvalue weighted by Crippen LogP contribution is 2.26. The lowest BCUT2D eigenvalue weighted by Gasteiger charge is -2.17. The summed E-state index contributed by atoms with van der Waals surface area (Å²) >= 11 is 3.54. The highest BCUT2D eigenvalue weighted by Gasteiger charge is 2.08. The van der Waals surface area contributed by atoms with Crippen LogP contribution in [0.25, 0.3) is 0 Å². The van der Waals surface area contributed by atoms with E-state index >= 15 is 0 Å². The van der Waals surface area contributed by atoms with Crippen LogP contribution in [0.2, 0.25) is 0 Å². The zero-order valence-electron chi connectivity index (χ0n) is 11.1. The summed E-state index contributed by atoms with van der Waals surface area (Å²) in [5, 5.41) is 5.95. The fourth-order valence-electron chi connectivity index (χ4n) is 1.98. The van der Waals surface area contributed by atoms with E-state index in [0.717, 1.165) is 10.2 Å². The number of amides is 2. The number of halogens is 1. The van der Waals surface area contributed by atoms with Crippen LogP contribution < -0.4 is 16.4 Å². The maximum Gasteiger partial charge on any atom is 0.316 e. The van der Waals surface area contributed by atoms with E-state index < -0.39 is 6.03 Å². The molecule has 2 aromatic carbocycles. The number of nitrogens with one attached hydrogen (secondary N) is 2. The maximum absolute atomic E-state index is 10.9. The molecule has 0 saturated carbocycles. The van der Waals surface area contributed by atoms with Crippen LogP contribution in [-0.2, 0) is 0 Å². The molecule has 0 heterocycles. The summed E-state index contributed by atoms with van der Waals surface area (Å²) in [7, 11) is 0. The lowest BCUT2D eigenvalue weighted by atomic mass is 10.1. The van der Waals surface area contributed by atoms with E-state index in [9.17, 15) is 4.79 Å². The Balaban J connectivity index is 2.13. The summed E-state index contributed by atoms with van der Waals surface area (Å²) in [6, 6.07) is 15.1. The Morgan fingerprint density at radius 1 is 1.15 bits per heavy atom. The van der Waals surface area contributed by atoms with Gasteiger partial charge in [0.05, 0.1) is 0 Å². The standard InChI is InChI=1S/C15H16BrN3O/c1-10(13-7-2-3-8-14(13)16)18-11-5-4-6-12(9-11)19-15(17)20/h2-10,18H,1H3,(H3,17,19,20). The molecule has 0 fully saturated rings. The Morgan fingerprint density at radius 2 is 1.85 bits per heavy atom. The second-order valence-electron chi connectivity index (χ2n) is 4.46. The number of benzene rings is 2.